The van der Waals surface area contributed by atoms with E-state index in [0.29, 0.717) is 0 Å². The van der Waals surface area contributed by atoms with Gasteiger partial charge in [0.05, 0.1) is 6.10 Å². The van der Waals surface area contributed by atoms with Crippen LogP contribution in [0.25, 0.3) is 0 Å². The van der Waals surface area contributed by atoms with Crippen molar-refractivity contribution in [3.63, 3.8) is 0 Å². The lowest BCUT2D eigenvalue weighted by Crippen LogP contribution is -2.52. The Kier molecular flexibility index (Phi) is 4.06. The second-order valence-electron chi connectivity index (χ2n) is 9.13. The van der Waals surface area contributed by atoms with Crippen LogP contribution in [-0.2, 0) is 9.47 Å². The zero-order chi connectivity index (χ0) is 16.2. The van der Waals surface area contributed by atoms with E-state index in [2.05, 4.69) is 6.92 Å². The predicted molar refractivity (Wildman–Crippen MR) is 89.9 cm³/mol. The van der Waals surface area contributed by atoms with Crippen LogP contribution in [0.5, 0.6) is 0 Å². The van der Waals surface area contributed by atoms with Gasteiger partial charge in [0.1, 0.15) is 0 Å². The molecule has 0 aliphatic heterocycles. The summed E-state index contributed by atoms with van der Waals surface area (Å²) in [7, 11) is 3.61. The Morgan fingerprint density at radius 2 is 1.57 bits per heavy atom. The summed E-state index contributed by atoms with van der Waals surface area (Å²) in [6.07, 6.45) is 10.9. The van der Waals surface area contributed by atoms with E-state index >= 15 is 0 Å². The van der Waals surface area contributed by atoms with Gasteiger partial charge in [-0.3, -0.25) is 0 Å². The second-order valence-corrected chi connectivity index (χ2v) is 9.13. The zero-order valence-corrected chi connectivity index (χ0v) is 15.1. The van der Waals surface area contributed by atoms with E-state index in [-0.39, 0.29) is 17.3 Å². The van der Waals surface area contributed by atoms with Crippen molar-refractivity contribution in [3.05, 3.63) is 0 Å². The molecule has 4 fully saturated rings. The largest absolute Gasteiger partial charge is 0.393 e. The van der Waals surface area contributed by atoms with E-state index in [1.54, 1.807) is 14.2 Å². The summed E-state index contributed by atoms with van der Waals surface area (Å²) in [6, 6.07) is 0. The number of aliphatic hydroxyl groups excluding tert-OH is 1. The molecule has 0 aromatic carbocycles. The van der Waals surface area contributed by atoms with Crippen LogP contribution in [0.2, 0.25) is 0 Å². The Labute approximate surface area is 141 Å². The Bertz CT molecular complexity index is 446. The minimum atomic E-state index is -0.319. The monoisotopic (exact) mass is 322 g/mol. The minimum absolute atomic E-state index is 0.0489. The van der Waals surface area contributed by atoms with Gasteiger partial charge in [0, 0.05) is 27.1 Å². The molecule has 1 unspecified atom stereocenters. The zero-order valence-electron chi connectivity index (χ0n) is 15.1. The molecule has 4 rings (SSSR count). The first kappa shape index (κ1) is 16.4. The Hall–Kier alpha value is -0.120. The van der Waals surface area contributed by atoms with E-state index in [1.165, 1.54) is 38.5 Å². The van der Waals surface area contributed by atoms with Gasteiger partial charge in [0.2, 0.25) is 0 Å². The third kappa shape index (κ3) is 2.33. The number of rotatable bonds is 2. The van der Waals surface area contributed by atoms with Gasteiger partial charge in [-0.1, -0.05) is 6.92 Å². The topological polar surface area (TPSA) is 38.7 Å². The molecule has 4 aliphatic rings. The lowest BCUT2D eigenvalue weighted by atomic mass is 9.50. The summed E-state index contributed by atoms with van der Waals surface area (Å²) in [5.74, 6) is 3.86. The van der Waals surface area contributed by atoms with Crippen molar-refractivity contribution < 1.29 is 14.6 Å². The molecule has 0 aromatic rings. The molecule has 0 spiro atoms. The van der Waals surface area contributed by atoms with Gasteiger partial charge in [-0.05, 0) is 80.0 Å². The smallest absolute Gasteiger partial charge is 0.167 e. The number of methoxy groups -OCH3 is 2. The van der Waals surface area contributed by atoms with Crippen LogP contribution >= 0.6 is 0 Å². The van der Waals surface area contributed by atoms with Crippen LogP contribution in [0.15, 0.2) is 0 Å². The number of ether oxygens (including phenoxy) is 2. The average Bonchev–Trinajstić information content (AvgIpc) is 2.89. The molecule has 4 saturated carbocycles. The Morgan fingerprint density at radius 1 is 0.826 bits per heavy atom. The maximum Gasteiger partial charge on any atom is 0.167 e. The van der Waals surface area contributed by atoms with Gasteiger partial charge in [-0.2, -0.15) is 0 Å². The summed E-state index contributed by atoms with van der Waals surface area (Å²) in [6.45, 7) is 2.37. The molecular formula is C20H34O3. The third-order valence-electron chi connectivity index (χ3n) is 8.64. The molecule has 4 aliphatic carbocycles. The van der Waals surface area contributed by atoms with Crippen LogP contribution in [-0.4, -0.2) is 31.2 Å². The molecule has 3 nitrogen and oxygen atoms in total. The van der Waals surface area contributed by atoms with E-state index in [9.17, 15) is 5.11 Å². The highest BCUT2D eigenvalue weighted by Crippen LogP contribution is 2.63. The Morgan fingerprint density at radius 3 is 2.30 bits per heavy atom. The van der Waals surface area contributed by atoms with Crippen molar-refractivity contribution in [2.75, 3.05) is 14.2 Å². The first-order valence-electron chi connectivity index (χ1n) is 9.81. The highest BCUT2D eigenvalue weighted by Gasteiger charge is 2.57. The van der Waals surface area contributed by atoms with Crippen LogP contribution in [0.4, 0.5) is 0 Å². The molecule has 0 amide bonds. The van der Waals surface area contributed by atoms with Crippen molar-refractivity contribution >= 4 is 0 Å². The predicted octanol–water partition coefficient (Wildman–Crippen LogP) is 3.99. The van der Waals surface area contributed by atoms with E-state index in [1.807, 2.05) is 0 Å². The van der Waals surface area contributed by atoms with E-state index < -0.39 is 0 Å². The average molecular weight is 322 g/mol. The SMILES string of the molecule is COC1(OC)CC[C@H]2[C@H](CC[C@@H]3[C@@H]2CC[C@]2(C)C(O)CC[C@@H]32)C1. The van der Waals surface area contributed by atoms with Crippen molar-refractivity contribution in [2.45, 2.75) is 76.6 Å². The number of hydrogen-bond donors (Lipinski definition) is 1. The molecule has 1 N–H and O–H groups in total. The molecule has 132 valence electrons. The summed E-state index contributed by atoms with van der Waals surface area (Å²) in [5.41, 5.74) is 0.214. The summed E-state index contributed by atoms with van der Waals surface area (Å²) < 4.78 is 11.5. The molecule has 0 saturated heterocycles. The lowest BCUT2D eigenvalue weighted by molar-refractivity contribution is -0.247. The number of hydrogen-bond acceptors (Lipinski definition) is 3. The fraction of sp³-hybridized carbons (Fsp3) is 1.00. The van der Waals surface area contributed by atoms with Crippen LogP contribution in [0, 0.1) is 35.0 Å². The van der Waals surface area contributed by atoms with E-state index in [0.717, 1.165) is 48.9 Å². The van der Waals surface area contributed by atoms with Crippen molar-refractivity contribution in [1.29, 1.82) is 0 Å². The van der Waals surface area contributed by atoms with Crippen LogP contribution in [0.1, 0.15) is 64.7 Å². The van der Waals surface area contributed by atoms with Gasteiger partial charge in [0.25, 0.3) is 0 Å². The maximum absolute atomic E-state index is 10.5. The van der Waals surface area contributed by atoms with Crippen molar-refractivity contribution in [2.24, 2.45) is 35.0 Å². The van der Waals surface area contributed by atoms with E-state index in [4.69, 9.17) is 9.47 Å². The normalized spacial score (nSPS) is 51.7. The molecule has 0 heterocycles. The van der Waals surface area contributed by atoms with Crippen molar-refractivity contribution in [1.82, 2.24) is 0 Å². The highest BCUT2D eigenvalue weighted by molar-refractivity contribution is 5.06. The maximum atomic E-state index is 10.5. The fourth-order valence-electron chi connectivity index (χ4n) is 7.25. The molecule has 23 heavy (non-hydrogen) atoms. The number of fused-ring (bicyclic) bond motifs is 5. The first-order valence-corrected chi connectivity index (χ1v) is 9.81. The quantitative estimate of drug-likeness (QED) is 0.781. The van der Waals surface area contributed by atoms with Gasteiger partial charge in [-0.25, -0.2) is 0 Å². The molecule has 3 heteroatoms. The lowest BCUT2D eigenvalue weighted by Gasteiger charge is -2.56. The van der Waals surface area contributed by atoms with Gasteiger partial charge in [-0.15, -0.1) is 0 Å². The molecule has 7 atom stereocenters. The van der Waals surface area contributed by atoms with Gasteiger partial charge in [0.15, 0.2) is 5.79 Å². The number of aliphatic hydroxyl groups is 1. The Balaban J connectivity index is 1.52. The molecular weight excluding hydrogens is 288 g/mol. The van der Waals surface area contributed by atoms with Gasteiger partial charge >= 0.3 is 0 Å². The second kappa shape index (κ2) is 5.71. The third-order valence-corrected chi connectivity index (χ3v) is 8.64. The first-order chi connectivity index (χ1) is 11.0. The molecule has 0 bridgehead atoms. The highest BCUT2D eigenvalue weighted by atomic mass is 16.7. The van der Waals surface area contributed by atoms with Crippen molar-refractivity contribution in [3.8, 4) is 0 Å². The standard InChI is InChI=1S/C20H34O3/c1-19-10-8-15-14-9-11-20(22-2,23-3)12-13(14)4-5-16(15)17(19)6-7-18(19)21/h13-18,21H,4-12H2,1-3H3/t13-,14+,15-,16-,17+,18?,19+/m1/s1. The summed E-state index contributed by atoms with van der Waals surface area (Å²) in [5, 5.41) is 10.5. The minimum Gasteiger partial charge on any atom is -0.393 e. The molecule has 0 aromatic heterocycles. The summed E-state index contributed by atoms with van der Waals surface area (Å²) in [4.78, 5) is 0. The fourth-order valence-corrected chi connectivity index (χ4v) is 7.25. The van der Waals surface area contributed by atoms with Crippen LogP contribution in [0.3, 0.4) is 0 Å². The summed E-state index contributed by atoms with van der Waals surface area (Å²) >= 11 is 0. The van der Waals surface area contributed by atoms with Gasteiger partial charge < -0.3 is 14.6 Å². The molecule has 0 radical (unpaired) electrons. The van der Waals surface area contributed by atoms with Crippen LogP contribution < -0.4 is 0 Å².